The quantitative estimate of drug-likeness (QED) is 0.809. The van der Waals surface area contributed by atoms with Gasteiger partial charge in [-0.1, -0.05) is 6.58 Å². The monoisotopic (exact) mass is 284 g/mol. The second-order valence-electron chi connectivity index (χ2n) is 6.24. The normalized spacial score (nSPS) is 21.4. The molecule has 6 heteroatoms. The maximum atomic E-state index is 11.6. The highest BCUT2D eigenvalue weighted by molar-refractivity contribution is 5.69. The van der Waals surface area contributed by atoms with E-state index in [0.29, 0.717) is 18.6 Å². The number of hydrogen-bond acceptors (Lipinski definition) is 4. The smallest absolute Gasteiger partial charge is 0.414 e. The van der Waals surface area contributed by atoms with Crippen LogP contribution in [-0.4, -0.2) is 42.8 Å². The summed E-state index contributed by atoms with van der Waals surface area (Å²) in [6, 6.07) is 0.0460. The fourth-order valence-corrected chi connectivity index (χ4v) is 1.76. The van der Waals surface area contributed by atoms with E-state index in [0.717, 1.165) is 0 Å². The Hall–Kier alpha value is -1.72. The Morgan fingerprint density at radius 2 is 1.80 bits per heavy atom. The molecule has 1 N–H and O–H groups in total. The molecular formula is C14H24N2O4. The van der Waals surface area contributed by atoms with Gasteiger partial charge in [0, 0.05) is 26.1 Å². The van der Waals surface area contributed by atoms with E-state index in [-0.39, 0.29) is 12.0 Å². The van der Waals surface area contributed by atoms with Gasteiger partial charge in [-0.3, -0.25) is 0 Å². The number of rotatable bonds is 3. The molecule has 0 saturated heterocycles. The van der Waals surface area contributed by atoms with Crippen LogP contribution in [-0.2, 0) is 9.47 Å². The molecule has 0 aromatic carbocycles. The van der Waals surface area contributed by atoms with Crippen LogP contribution in [0.2, 0.25) is 0 Å². The van der Waals surface area contributed by atoms with E-state index < -0.39 is 17.8 Å². The highest BCUT2D eigenvalue weighted by Crippen LogP contribution is 2.33. The maximum Gasteiger partial charge on any atom is 0.414 e. The Balaban J connectivity index is 2.27. The summed E-state index contributed by atoms with van der Waals surface area (Å²) in [4.78, 5) is 24.3. The summed E-state index contributed by atoms with van der Waals surface area (Å²) in [6.07, 6.45) is 0.563. The predicted molar refractivity (Wildman–Crippen MR) is 75.2 cm³/mol. The molecule has 0 radical (unpaired) electrons. The van der Waals surface area contributed by atoms with Crippen molar-refractivity contribution in [3.05, 3.63) is 12.3 Å². The van der Waals surface area contributed by atoms with E-state index >= 15 is 0 Å². The van der Waals surface area contributed by atoms with Crippen molar-refractivity contribution in [3.63, 3.8) is 0 Å². The van der Waals surface area contributed by atoms with Crippen LogP contribution in [0.1, 0.15) is 33.6 Å². The molecule has 1 aliphatic carbocycles. The first-order valence-corrected chi connectivity index (χ1v) is 6.66. The van der Waals surface area contributed by atoms with Gasteiger partial charge < -0.3 is 19.7 Å². The summed E-state index contributed by atoms with van der Waals surface area (Å²) >= 11 is 0. The zero-order valence-corrected chi connectivity index (χ0v) is 12.9. The molecule has 1 aliphatic rings. The molecule has 0 atom stereocenters. The summed E-state index contributed by atoms with van der Waals surface area (Å²) in [5, 5.41) is 2.78. The minimum Gasteiger partial charge on any atom is -0.444 e. The Bertz CT molecular complexity index is 392. The van der Waals surface area contributed by atoms with E-state index in [2.05, 4.69) is 11.9 Å². The number of nitrogens with zero attached hydrogens (tertiary/aromatic N) is 1. The second-order valence-corrected chi connectivity index (χ2v) is 6.24. The van der Waals surface area contributed by atoms with E-state index in [4.69, 9.17) is 9.47 Å². The molecule has 6 nitrogen and oxygen atoms in total. The number of allylic oxidation sites excluding steroid dienone is 1. The second kappa shape index (κ2) is 6.15. The van der Waals surface area contributed by atoms with Crippen LogP contribution in [0.15, 0.2) is 12.3 Å². The minimum atomic E-state index is -0.502. The van der Waals surface area contributed by atoms with Crippen LogP contribution in [0.3, 0.4) is 0 Å². The van der Waals surface area contributed by atoms with Gasteiger partial charge in [0.15, 0.2) is 0 Å². The van der Waals surface area contributed by atoms with Crippen LogP contribution < -0.4 is 5.32 Å². The summed E-state index contributed by atoms with van der Waals surface area (Å²) in [5.74, 6) is 0.546. The highest BCUT2D eigenvalue weighted by atomic mass is 16.6. The Morgan fingerprint density at radius 3 is 2.25 bits per heavy atom. The third-order valence-electron chi connectivity index (χ3n) is 2.90. The van der Waals surface area contributed by atoms with Gasteiger partial charge in [0.25, 0.3) is 0 Å². The number of alkyl carbamates (subject to hydrolysis) is 1. The minimum absolute atomic E-state index is 0.0460. The van der Waals surface area contributed by atoms with Crippen LogP contribution >= 0.6 is 0 Å². The molecule has 1 fully saturated rings. The lowest BCUT2D eigenvalue weighted by Gasteiger charge is -2.36. The first-order chi connectivity index (χ1) is 9.08. The summed E-state index contributed by atoms with van der Waals surface area (Å²) in [6.45, 7) is 9.21. The van der Waals surface area contributed by atoms with E-state index in [9.17, 15) is 9.59 Å². The predicted octanol–water partition coefficient (Wildman–Crippen LogP) is 2.50. The first-order valence-electron chi connectivity index (χ1n) is 6.66. The number of ether oxygens (including phenoxy) is 2. The van der Waals surface area contributed by atoms with E-state index in [1.54, 1.807) is 14.1 Å². The summed E-state index contributed by atoms with van der Waals surface area (Å²) < 4.78 is 10.3. The van der Waals surface area contributed by atoms with Crippen LogP contribution in [0.5, 0.6) is 0 Å². The fourth-order valence-electron chi connectivity index (χ4n) is 1.76. The molecule has 0 aliphatic heterocycles. The van der Waals surface area contributed by atoms with Gasteiger partial charge in [-0.05, 0) is 33.6 Å². The molecule has 20 heavy (non-hydrogen) atoms. The van der Waals surface area contributed by atoms with Gasteiger partial charge in [0.05, 0.1) is 0 Å². The molecule has 0 spiro atoms. The molecule has 2 amide bonds. The topological polar surface area (TPSA) is 67.9 Å². The SMILES string of the molecule is C=C(OC(=O)N(C)C)[C@H]1C[C@H](NC(=O)OC(C)(C)C)C1. The van der Waals surface area contributed by atoms with Crippen molar-refractivity contribution in [2.24, 2.45) is 5.92 Å². The van der Waals surface area contributed by atoms with Crippen molar-refractivity contribution < 1.29 is 19.1 Å². The van der Waals surface area contributed by atoms with Crippen molar-refractivity contribution >= 4 is 12.2 Å². The molecule has 0 heterocycles. The molecule has 0 aromatic heterocycles. The number of hydrogen-bond donors (Lipinski definition) is 1. The number of amides is 2. The zero-order chi connectivity index (χ0) is 15.5. The van der Waals surface area contributed by atoms with Gasteiger partial charge >= 0.3 is 12.2 Å². The van der Waals surface area contributed by atoms with Gasteiger partial charge in [-0.2, -0.15) is 0 Å². The number of carbonyl (C=O) groups is 2. The molecule has 1 saturated carbocycles. The number of nitrogens with one attached hydrogen (secondary N) is 1. The van der Waals surface area contributed by atoms with Crippen molar-refractivity contribution in [2.75, 3.05) is 14.1 Å². The van der Waals surface area contributed by atoms with Crippen LogP contribution in [0, 0.1) is 5.92 Å². The first kappa shape index (κ1) is 16.3. The van der Waals surface area contributed by atoms with Crippen molar-refractivity contribution in [3.8, 4) is 0 Å². The Morgan fingerprint density at radius 1 is 1.25 bits per heavy atom. The van der Waals surface area contributed by atoms with Crippen molar-refractivity contribution in [1.82, 2.24) is 10.2 Å². The lowest BCUT2D eigenvalue weighted by Crippen LogP contribution is -2.47. The highest BCUT2D eigenvalue weighted by Gasteiger charge is 2.35. The summed E-state index contributed by atoms with van der Waals surface area (Å²) in [7, 11) is 3.23. The van der Waals surface area contributed by atoms with Gasteiger partial charge in [-0.25, -0.2) is 9.59 Å². The van der Waals surface area contributed by atoms with E-state index in [1.807, 2.05) is 20.8 Å². The molecule has 0 bridgehead atoms. The van der Waals surface area contributed by atoms with Gasteiger partial charge in [-0.15, -0.1) is 0 Å². The molecule has 114 valence electrons. The third-order valence-corrected chi connectivity index (χ3v) is 2.90. The fraction of sp³-hybridized carbons (Fsp3) is 0.714. The molecule has 0 aromatic rings. The van der Waals surface area contributed by atoms with E-state index in [1.165, 1.54) is 4.90 Å². The lowest BCUT2D eigenvalue weighted by molar-refractivity contribution is 0.0441. The third kappa shape index (κ3) is 5.11. The largest absolute Gasteiger partial charge is 0.444 e. The molecule has 1 rings (SSSR count). The lowest BCUT2D eigenvalue weighted by atomic mass is 9.79. The average molecular weight is 284 g/mol. The molecule has 0 unspecified atom stereocenters. The van der Waals surface area contributed by atoms with Crippen molar-refractivity contribution in [2.45, 2.75) is 45.3 Å². The van der Waals surface area contributed by atoms with Crippen LogP contribution in [0.25, 0.3) is 0 Å². The van der Waals surface area contributed by atoms with Gasteiger partial charge in [0.1, 0.15) is 11.4 Å². The standard InChI is InChI=1S/C14H24N2O4/c1-9(19-13(18)16(5)6)10-7-11(8-10)15-12(17)20-14(2,3)4/h10-11H,1,7-8H2,2-6H3,(H,15,17)/t10-,11-. The van der Waals surface area contributed by atoms with Crippen molar-refractivity contribution in [1.29, 1.82) is 0 Å². The van der Waals surface area contributed by atoms with Crippen LogP contribution in [0.4, 0.5) is 9.59 Å². The number of carbonyl (C=O) groups excluding carboxylic acids is 2. The molecular weight excluding hydrogens is 260 g/mol. The van der Waals surface area contributed by atoms with Gasteiger partial charge in [0.2, 0.25) is 0 Å². The Kier molecular flexibility index (Phi) is 5.03. The zero-order valence-electron chi connectivity index (χ0n) is 12.9. The summed E-state index contributed by atoms with van der Waals surface area (Å²) in [5.41, 5.74) is -0.502. The average Bonchev–Trinajstić information content (AvgIpc) is 2.19. The maximum absolute atomic E-state index is 11.6. The Labute approximate surface area is 120 Å².